The van der Waals surface area contributed by atoms with E-state index in [-0.39, 0.29) is 11.7 Å². The van der Waals surface area contributed by atoms with E-state index in [1.807, 2.05) is 0 Å². The quantitative estimate of drug-likeness (QED) is 0.604. The summed E-state index contributed by atoms with van der Waals surface area (Å²) in [5, 5.41) is 33.5. The lowest BCUT2D eigenvalue weighted by molar-refractivity contribution is -0.392. The van der Waals surface area contributed by atoms with Gasteiger partial charge in [-0.05, 0) is 13.3 Å². The molecule has 1 rings (SSSR count). The van der Waals surface area contributed by atoms with Crippen molar-refractivity contribution in [3.05, 3.63) is 37.9 Å². The number of anilines is 1. The fourth-order valence-electron chi connectivity index (χ4n) is 1.52. The normalized spacial score (nSPS) is 11.7. The smallest absolute Gasteiger partial charge is 0.336 e. The van der Waals surface area contributed by atoms with Crippen LogP contribution in [0.5, 0.6) is 0 Å². The van der Waals surface area contributed by atoms with E-state index in [4.69, 9.17) is 5.11 Å². The number of hydrogen-bond donors (Lipinski definition) is 2. The first-order chi connectivity index (χ1) is 9.27. The summed E-state index contributed by atoms with van der Waals surface area (Å²) in [6, 6.07) is 1.38. The number of rotatable bonds is 6. The van der Waals surface area contributed by atoms with E-state index in [9.17, 15) is 25.0 Å². The van der Waals surface area contributed by atoms with E-state index in [0.29, 0.717) is 6.42 Å². The molecule has 0 radical (unpaired) electrons. The lowest BCUT2D eigenvalue weighted by Gasteiger charge is -2.13. The third kappa shape index (κ3) is 3.19. The fourth-order valence-corrected chi connectivity index (χ4v) is 1.52. The molecule has 1 aromatic carbocycles. The van der Waals surface area contributed by atoms with Crippen molar-refractivity contribution in [1.29, 1.82) is 0 Å². The van der Waals surface area contributed by atoms with Gasteiger partial charge in [-0.3, -0.25) is 20.2 Å². The highest BCUT2D eigenvalue weighted by Crippen LogP contribution is 2.36. The molecule has 0 spiro atoms. The van der Waals surface area contributed by atoms with Gasteiger partial charge >= 0.3 is 5.97 Å². The molecular weight excluding hydrogens is 270 g/mol. The number of carboxylic acids is 1. The Morgan fingerprint density at radius 3 is 2.05 bits per heavy atom. The molecule has 0 saturated carbocycles. The maximum Gasteiger partial charge on any atom is 0.336 e. The molecule has 0 aliphatic carbocycles. The van der Waals surface area contributed by atoms with E-state index in [1.165, 1.54) is 0 Å². The van der Waals surface area contributed by atoms with Gasteiger partial charge in [-0.25, -0.2) is 4.79 Å². The predicted octanol–water partition coefficient (Wildman–Crippen LogP) is 2.41. The van der Waals surface area contributed by atoms with Crippen molar-refractivity contribution in [1.82, 2.24) is 0 Å². The maximum atomic E-state index is 11.0. The third-order valence-electron chi connectivity index (χ3n) is 2.74. The number of nitro benzene ring substituents is 2. The molecule has 0 aliphatic heterocycles. The first-order valence-electron chi connectivity index (χ1n) is 5.74. The van der Waals surface area contributed by atoms with Crippen molar-refractivity contribution in [3.63, 3.8) is 0 Å². The minimum Gasteiger partial charge on any atom is -0.478 e. The van der Waals surface area contributed by atoms with Crippen molar-refractivity contribution in [2.24, 2.45) is 0 Å². The largest absolute Gasteiger partial charge is 0.478 e. The Hall–Kier alpha value is -2.71. The first-order valence-corrected chi connectivity index (χ1v) is 5.74. The maximum absolute atomic E-state index is 11.0. The van der Waals surface area contributed by atoms with Crippen LogP contribution in [0.4, 0.5) is 17.1 Å². The van der Waals surface area contributed by atoms with Crippen LogP contribution in [0.25, 0.3) is 0 Å². The number of nitrogens with one attached hydrogen (secondary N) is 1. The topological polar surface area (TPSA) is 136 Å². The molecule has 0 amide bonds. The molecule has 9 heteroatoms. The fraction of sp³-hybridized carbons (Fsp3) is 0.364. The van der Waals surface area contributed by atoms with Gasteiger partial charge in [0.05, 0.1) is 15.4 Å². The number of benzene rings is 1. The average molecular weight is 283 g/mol. The van der Waals surface area contributed by atoms with Gasteiger partial charge < -0.3 is 10.4 Å². The Labute approximate surface area is 113 Å². The highest BCUT2D eigenvalue weighted by atomic mass is 16.6. The highest BCUT2D eigenvalue weighted by Gasteiger charge is 2.29. The molecule has 0 bridgehead atoms. The Morgan fingerprint density at radius 2 is 1.75 bits per heavy atom. The number of aromatic carboxylic acids is 1. The Morgan fingerprint density at radius 1 is 1.30 bits per heavy atom. The number of hydrogen-bond acceptors (Lipinski definition) is 6. The van der Waals surface area contributed by atoms with E-state index >= 15 is 0 Å². The van der Waals surface area contributed by atoms with Crippen LogP contribution in [0.3, 0.4) is 0 Å². The predicted molar refractivity (Wildman–Crippen MR) is 70.1 cm³/mol. The molecule has 1 aromatic rings. The summed E-state index contributed by atoms with van der Waals surface area (Å²) >= 11 is 0. The third-order valence-corrected chi connectivity index (χ3v) is 2.74. The molecule has 2 N–H and O–H groups in total. The SMILES string of the molecule is CCC(C)Nc1c([N+](=O)[O-])cc(C(=O)O)cc1[N+](=O)[O-]. The molecule has 1 atom stereocenters. The van der Waals surface area contributed by atoms with Gasteiger partial charge in [0.1, 0.15) is 0 Å². The molecule has 0 aliphatic rings. The van der Waals surface area contributed by atoms with E-state index < -0.39 is 32.8 Å². The summed E-state index contributed by atoms with van der Waals surface area (Å²) < 4.78 is 0. The number of nitrogens with zero attached hydrogens (tertiary/aromatic N) is 2. The van der Waals surface area contributed by atoms with Crippen LogP contribution in [0.1, 0.15) is 30.6 Å². The van der Waals surface area contributed by atoms with Gasteiger partial charge in [-0.1, -0.05) is 6.92 Å². The van der Waals surface area contributed by atoms with Crippen molar-refractivity contribution >= 4 is 23.0 Å². The molecule has 0 saturated heterocycles. The van der Waals surface area contributed by atoms with Gasteiger partial charge in [0.2, 0.25) is 0 Å². The van der Waals surface area contributed by atoms with Crippen LogP contribution >= 0.6 is 0 Å². The monoisotopic (exact) mass is 283 g/mol. The van der Waals surface area contributed by atoms with Crippen molar-refractivity contribution in [2.75, 3.05) is 5.32 Å². The summed E-state index contributed by atoms with van der Waals surface area (Å²) in [6.45, 7) is 3.51. The standard InChI is InChI=1S/C11H13N3O6/c1-3-6(2)12-10-8(13(17)18)4-7(11(15)16)5-9(10)14(19)20/h4-6,12H,3H2,1-2H3,(H,15,16). The first kappa shape index (κ1) is 15.3. The molecule has 20 heavy (non-hydrogen) atoms. The van der Waals surface area contributed by atoms with Crippen LogP contribution in [0, 0.1) is 20.2 Å². The molecule has 0 fully saturated rings. The lowest BCUT2D eigenvalue weighted by Crippen LogP contribution is -2.16. The number of nitro groups is 2. The summed E-state index contributed by atoms with van der Waals surface area (Å²) in [6.07, 6.45) is 0.592. The Bertz CT molecular complexity index is 536. The highest BCUT2D eigenvalue weighted by molar-refractivity contribution is 5.92. The lowest BCUT2D eigenvalue weighted by atomic mass is 10.1. The van der Waals surface area contributed by atoms with Gasteiger partial charge in [-0.15, -0.1) is 0 Å². The second-order valence-corrected chi connectivity index (χ2v) is 4.16. The van der Waals surface area contributed by atoms with Crippen LogP contribution < -0.4 is 5.32 Å². The molecule has 0 heterocycles. The van der Waals surface area contributed by atoms with Crippen LogP contribution in [0.2, 0.25) is 0 Å². The Balaban J connectivity index is 3.55. The molecular formula is C11H13N3O6. The molecule has 108 valence electrons. The molecule has 0 aromatic heterocycles. The van der Waals surface area contributed by atoms with Gasteiger partial charge in [0, 0.05) is 18.2 Å². The zero-order valence-corrected chi connectivity index (χ0v) is 10.8. The minimum atomic E-state index is -1.47. The van der Waals surface area contributed by atoms with Crippen molar-refractivity contribution in [3.8, 4) is 0 Å². The summed E-state index contributed by atoms with van der Waals surface area (Å²) in [7, 11) is 0. The summed E-state index contributed by atoms with van der Waals surface area (Å²) in [5.74, 6) is -1.47. The van der Waals surface area contributed by atoms with E-state index in [2.05, 4.69) is 5.32 Å². The van der Waals surface area contributed by atoms with E-state index in [1.54, 1.807) is 13.8 Å². The second kappa shape index (κ2) is 5.95. The Kier molecular flexibility index (Phi) is 4.57. The molecule has 9 nitrogen and oxygen atoms in total. The zero-order valence-electron chi connectivity index (χ0n) is 10.8. The van der Waals surface area contributed by atoms with Gasteiger partial charge in [0.15, 0.2) is 5.69 Å². The van der Waals surface area contributed by atoms with Crippen LogP contribution in [-0.4, -0.2) is 27.0 Å². The summed E-state index contributed by atoms with van der Waals surface area (Å²) in [4.78, 5) is 31.2. The zero-order chi connectivity index (χ0) is 15.4. The van der Waals surface area contributed by atoms with Crippen molar-refractivity contribution < 1.29 is 19.7 Å². The van der Waals surface area contributed by atoms with Gasteiger partial charge in [-0.2, -0.15) is 0 Å². The average Bonchev–Trinajstić information content (AvgIpc) is 2.37. The van der Waals surface area contributed by atoms with Crippen LogP contribution in [0.15, 0.2) is 12.1 Å². The summed E-state index contributed by atoms with van der Waals surface area (Å²) in [5.41, 5.74) is -2.04. The minimum absolute atomic E-state index is 0.233. The number of carbonyl (C=O) groups is 1. The van der Waals surface area contributed by atoms with Gasteiger partial charge in [0.25, 0.3) is 11.4 Å². The number of carboxylic acid groups (broad SMARTS) is 1. The van der Waals surface area contributed by atoms with Crippen molar-refractivity contribution in [2.45, 2.75) is 26.3 Å². The molecule has 1 unspecified atom stereocenters. The second-order valence-electron chi connectivity index (χ2n) is 4.16. The van der Waals surface area contributed by atoms with E-state index in [0.717, 1.165) is 12.1 Å². The van der Waals surface area contributed by atoms with Crippen LogP contribution in [-0.2, 0) is 0 Å².